The number of hydrogen-bond donors (Lipinski definition) is 1. The lowest BCUT2D eigenvalue weighted by atomic mass is 9.91. The van der Waals surface area contributed by atoms with Gasteiger partial charge in [-0.05, 0) is 112 Å². The van der Waals surface area contributed by atoms with E-state index in [0.29, 0.717) is 32.0 Å². The Morgan fingerprint density at radius 3 is 2.32 bits per heavy atom. The molecule has 2 heterocycles. The Hall–Kier alpha value is -2.09. The molecule has 0 radical (unpaired) electrons. The predicted molar refractivity (Wildman–Crippen MR) is 243 cm³/mol. The first-order valence-electron chi connectivity index (χ1n) is 21.4. The van der Waals surface area contributed by atoms with E-state index in [1.54, 1.807) is 7.11 Å². The van der Waals surface area contributed by atoms with Crippen molar-refractivity contribution >= 4 is 16.6 Å². The van der Waals surface area contributed by atoms with Crippen LogP contribution in [0.4, 0.5) is 0 Å². The third kappa shape index (κ3) is 17.2. The summed E-state index contributed by atoms with van der Waals surface area (Å²) >= 11 is 0. The van der Waals surface area contributed by atoms with Gasteiger partial charge in [-0.1, -0.05) is 121 Å². The quantitative estimate of drug-likeness (QED) is 0.0922. The first-order chi connectivity index (χ1) is 26.6. The van der Waals surface area contributed by atoms with Crippen LogP contribution in [0.25, 0.3) is 0 Å². The van der Waals surface area contributed by atoms with Gasteiger partial charge in [0.1, 0.15) is 5.75 Å². The van der Waals surface area contributed by atoms with Crippen molar-refractivity contribution in [2.45, 2.75) is 180 Å². The van der Waals surface area contributed by atoms with E-state index in [9.17, 15) is 5.11 Å². The number of ether oxygens (including phenoxy) is 4. The minimum atomic E-state index is -2.19. The highest BCUT2D eigenvalue weighted by atomic mass is 28.4. The Morgan fingerprint density at radius 1 is 1.00 bits per heavy atom. The minimum Gasteiger partial charge on any atom is -0.497 e. The second-order valence-corrected chi connectivity index (χ2v) is 29.2. The molecule has 7 nitrogen and oxygen atoms in total. The van der Waals surface area contributed by atoms with Crippen molar-refractivity contribution < 1.29 is 32.9 Å². The van der Waals surface area contributed by atoms with Crippen LogP contribution in [-0.2, 0) is 29.7 Å². The summed E-state index contributed by atoms with van der Waals surface area (Å²) < 4.78 is 38.2. The fourth-order valence-corrected chi connectivity index (χ4v) is 8.97. The Kier molecular flexibility index (Phi) is 19.4. The molecule has 0 saturated heterocycles. The largest absolute Gasteiger partial charge is 0.497 e. The van der Waals surface area contributed by atoms with E-state index in [1.807, 2.05) is 30.3 Å². The van der Waals surface area contributed by atoms with Crippen molar-refractivity contribution in [2.75, 3.05) is 20.3 Å². The summed E-state index contributed by atoms with van der Waals surface area (Å²) in [5, 5.41) is 11.4. The summed E-state index contributed by atoms with van der Waals surface area (Å²) in [6.07, 6.45) is 19.6. The highest BCUT2D eigenvalue weighted by molar-refractivity contribution is 6.74. The molecule has 1 aromatic carbocycles. The van der Waals surface area contributed by atoms with E-state index in [2.05, 4.69) is 125 Å². The van der Waals surface area contributed by atoms with E-state index >= 15 is 0 Å². The topological polar surface area (TPSA) is 75.6 Å². The summed E-state index contributed by atoms with van der Waals surface area (Å²) in [4.78, 5) is 0. The first kappa shape index (κ1) is 49.3. The maximum atomic E-state index is 11.2. The number of aliphatic hydroxyl groups excluding tert-OH is 1. The molecule has 2 aliphatic rings. The molecule has 1 unspecified atom stereocenters. The standard InChI is InChI=1S/C48H80O7Si2/c1-36-27-29-51-43(33-36)25-26-46(55-57(13,14)48(7,8)9)45(52-35-39-21-23-41(50-10)24-22-39)20-15-17-40(49)32-37(2)31-38(3)34-44-19-16-18-42(54-44)28-30-53-56(11,12)47(4,5)6/h15-18,21-27,38,40,42-46,49H,2,19-20,28-35H2,1,3-14H3/t38-,40?,42-,43+,44-,45-,46-/m0/s1. The molecule has 1 N–H and O–H groups in total. The van der Waals surface area contributed by atoms with Gasteiger partial charge < -0.3 is 32.9 Å². The maximum Gasteiger partial charge on any atom is 0.193 e. The van der Waals surface area contributed by atoms with E-state index in [0.717, 1.165) is 55.6 Å². The number of benzene rings is 1. The van der Waals surface area contributed by atoms with Crippen LogP contribution < -0.4 is 4.74 Å². The van der Waals surface area contributed by atoms with E-state index in [1.165, 1.54) is 5.57 Å². The fourth-order valence-electron chi connectivity index (χ4n) is 6.64. The van der Waals surface area contributed by atoms with Gasteiger partial charge in [0.25, 0.3) is 0 Å². The smallest absolute Gasteiger partial charge is 0.193 e. The molecule has 0 aromatic heterocycles. The van der Waals surface area contributed by atoms with Gasteiger partial charge in [-0.15, -0.1) is 0 Å². The second kappa shape index (κ2) is 22.5. The van der Waals surface area contributed by atoms with Crippen molar-refractivity contribution in [3.63, 3.8) is 0 Å². The lowest BCUT2D eigenvalue weighted by Crippen LogP contribution is -2.47. The third-order valence-electron chi connectivity index (χ3n) is 12.3. The summed E-state index contributed by atoms with van der Waals surface area (Å²) in [5.41, 5.74) is 3.45. The molecule has 7 atom stereocenters. The van der Waals surface area contributed by atoms with Crippen molar-refractivity contribution in [1.29, 1.82) is 0 Å². The van der Waals surface area contributed by atoms with Gasteiger partial charge in [-0.25, -0.2) is 0 Å². The third-order valence-corrected chi connectivity index (χ3v) is 21.3. The molecule has 0 aliphatic carbocycles. The molecule has 0 fully saturated rings. The lowest BCUT2D eigenvalue weighted by molar-refractivity contribution is -0.0204. The number of aliphatic hydroxyl groups is 1. The monoisotopic (exact) mass is 825 g/mol. The summed E-state index contributed by atoms with van der Waals surface area (Å²) in [6, 6.07) is 7.99. The van der Waals surface area contributed by atoms with Gasteiger partial charge in [0.2, 0.25) is 0 Å². The molecule has 1 aromatic rings. The Bertz CT molecular complexity index is 1480. The molecule has 0 bridgehead atoms. The second-order valence-electron chi connectivity index (χ2n) is 19.6. The number of hydrogen-bond acceptors (Lipinski definition) is 7. The van der Waals surface area contributed by atoms with Gasteiger partial charge >= 0.3 is 0 Å². The van der Waals surface area contributed by atoms with Crippen LogP contribution in [0.3, 0.4) is 0 Å². The van der Waals surface area contributed by atoms with E-state index in [-0.39, 0.29) is 40.6 Å². The highest BCUT2D eigenvalue weighted by Gasteiger charge is 2.41. The fraction of sp³-hybridized carbons (Fsp3) is 0.667. The van der Waals surface area contributed by atoms with Gasteiger partial charge in [0, 0.05) is 6.61 Å². The van der Waals surface area contributed by atoms with Gasteiger partial charge in [-0.2, -0.15) is 0 Å². The van der Waals surface area contributed by atoms with E-state index in [4.69, 9.17) is 27.8 Å². The SMILES string of the molecule is C=C(CC(O)C=CC[C@H](OCc1ccc(OC)cc1)[C@H](C=C[C@@H]1CC(C)=CCO1)O[Si](C)(C)C(C)(C)C)C[C@H](C)C[C@@H]1CC=C[C@@H](CCO[Si](C)(C)C(C)(C)C)O1. The van der Waals surface area contributed by atoms with Gasteiger partial charge in [0.05, 0.1) is 56.9 Å². The number of methoxy groups -OCH3 is 1. The molecule has 0 amide bonds. The molecular formula is C48H80O7Si2. The predicted octanol–water partition coefficient (Wildman–Crippen LogP) is 12.1. The highest BCUT2D eigenvalue weighted by Crippen LogP contribution is 2.39. The molecule has 57 heavy (non-hydrogen) atoms. The van der Waals surface area contributed by atoms with Crippen molar-refractivity contribution in [3.05, 3.63) is 90.1 Å². The molecule has 0 spiro atoms. The average Bonchev–Trinajstić information content (AvgIpc) is 3.10. The molecular weight excluding hydrogens is 745 g/mol. The average molecular weight is 825 g/mol. The first-order valence-corrected chi connectivity index (χ1v) is 27.3. The zero-order chi connectivity index (χ0) is 42.4. The van der Waals surface area contributed by atoms with Crippen LogP contribution in [0.15, 0.2) is 84.5 Å². The summed E-state index contributed by atoms with van der Waals surface area (Å²) in [6.45, 7) is 33.4. The van der Waals surface area contributed by atoms with Crippen LogP contribution in [0.2, 0.25) is 36.3 Å². The normalized spacial score (nSPS) is 22.1. The molecule has 0 saturated carbocycles. The van der Waals surface area contributed by atoms with E-state index < -0.39 is 22.7 Å². The van der Waals surface area contributed by atoms with Gasteiger partial charge in [-0.3, -0.25) is 0 Å². The molecule has 9 heteroatoms. The van der Waals surface area contributed by atoms with Crippen LogP contribution in [0.1, 0.15) is 106 Å². The zero-order valence-corrected chi connectivity index (χ0v) is 40.1. The Balaban J connectivity index is 1.62. The van der Waals surface area contributed by atoms with Crippen LogP contribution in [-0.4, -0.2) is 78.7 Å². The number of rotatable bonds is 22. The molecule has 2 aliphatic heterocycles. The molecule has 3 rings (SSSR count). The Morgan fingerprint density at radius 2 is 1.68 bits per heavy atom. The lowest BCUT2D eigenvalue weighted by Gasteiger charge is -2.40. The zero-order valence-electron chi connectivity index (χ0n) is 38.1. The van der Waals surface area contributed by atoms with Crippen molar-refractivity contribution in [2.24, 2.45) is 5.92 Å². The maximum absolute atomic E-state index is 11.2. The van der Waals surface area contributed by atoms with Crippen LogP contribution >= 0.6 is 0 Å². The van der Waals surface area contributed by atoms with Crippen molar-refractivity contribution in [1.82, 2.24) is 0 Å². The van der Waals surface area contributed by atoms with Crippen LogP contribution in [0, 0.1) is 5.92 Å². The molecule has 322 valence electrons. The minimum absolute atomic E-state index is 0.00285. The van der Waals surface area contributed by atoms with Crippen molar-refractivity contribution in [3.8, 4) is 5.75 Å². The summed E-state index contributed by atoms with van der Waals surface area (Å²) in [5.74, 6) is 1.21. The summed E-state index contributed by atoms with van der Waals surface area (Å²) in [7, 11) is -2.29. The Labute approximate surface area is 350 Å². The van der Waals surface area contributed by atoms with Crippen LogP contribution in [0.5, 0.6) is 5.75 Å². The van der Waals surface area contributed by atoms with Gasteiger partial charge in [0.15, 0.2) is 16.6 Å².